The number of rotatable bonds is 7. The Balaban J connectivity index is 1.30. The quantitative estimate of drug-likeness (QED) is 0.540. The standard InChI is InChI=1S/C21H20FN3O5S/c1-13(29-16-6-3-2-5-15(16)22)20-24-25-21(30-20)31-12-19(26)23-14-7-8-17-18(11-14)28-10-4-9-27-17/h2-3,5-8,11,13H,4,9-10,12H2,1H3,(H,23,26). The minimum Gasteiger partial charge on any atom is -0.490 e. The number of benzene rings is 2. The third kappa shape index (κ3) is 5.46. The zero-order chi connectivity index (χ0) is 21.6. The maximum atomic E-state index is 13.7. The van der Waals surface area contributed by atoms with Gasteiger partial charge in [0.2, 0.25) is 5.91 Å². The van der Waals surface area contributed by atoms with E-state index < -0.39 is 11.9 Å². The lowest BCUT2D eigenvalue weighted by Gasteiger charge is -2.11. The van der Waals surface area contributed by atoms with E-state index in [1.165, 1.54) is 12.1 Å². The van der Waals surface area contributed by atoms with Gasteiger partial charge in [-0.3, -0.25) is 4.79 Å². The van der Waals surface area contributed by atoms with E-state index in [2.05, 4.69) is 15.5 Å². The summed E-state index contributed by atoms with van der Waals surface area (Å²) in [5.41, 5.74) is 0.605. The van der Waals surface area contributed by atoms with Crippen molar-refractivity contribution >= 4 is 23.4 Å². The highest BCUT2D eigenvalue weighted by molar-refractivity contribution is 7.99. The summed E-state index contributed by atoms with van der Waals surface area (Å²) in [4.78, 5) is 12.3. The molecule has 1 atom stereocenters. The van der Waals surface area contributed by atoms with Crippen LogP contribution in [0.3, 0.4) is 0 Å². The number of aromatic nitrogens is 2. The number of nitrogens with one attached hydrogen (secondary N) is 1. The number of para-hydroxylation sites is 1. The second-order valence-corrected chi connectivity index (χ2v) is 7.57. The predicted molar refractivity (Wildman–Crippen MR) is 111 cm³/mol. The molecule has 0 bridgehead atoms. The third-order valence-electron chi connectivity index (χ3n) is 4.27. The van der Waals surface area contributed by atoms with E-state index in [0.717, 1.165) is 18.2 Å². The molecule has 0 spiro atoms. The lowest BCUT2D eigenvalue weighted by Crippen LogP contribution is -2.14. The molecular weight excluding hydrogens is 425 g/mol. The minimum absolute atomic E-state index is 0.0681. The maximum absolute atomic E-state index is 13.7. The van der Waals surface area contributed by atoms with Crippen LogP contribution in [0.1, 0.15) is 25.3 Å². The highest BCUT2D eigenvalue weighted by atomic mass is 32.2. The molecule has 3 aromatic rings. The van der Waals surface area contributed by atoms with Crippen LogP contribution >= 0.6 is 11.8 Å². The first-order chi connectivity index (χ1) is 15.1. The Hall–Kier alpha value is -3.27. The second-order valence-electron chi connectivity index (χ2n) is 6.65. The lowest BCUT2D eigenvalue weighted by atomic mass is 10.2. The number of anilines is 1. The molecule has 0 radical (unpaired) electrons. The fourth-order valence-corrected chi connectivity index (χ4v) is 3.36. The van der Waals surface area contributed by atoms with Gasteiger partial charge in [-0.25, -0.2) is 4.39 Å². The fourth-order valence-electron chi connectivity index (χ4n) is 2.79. The first kappa shape index (κ1) is 21.0. The average molecular weight is 445 g/mol. The largest absolute Gasteiger partial charge is 0.490 e. The summed E-state index contributed by atoms with van der Waals surface area (Å²) in [6, 6.07) is 11.3. The van der Waals surface area contributed by atoms with E-state index in [-0.39, 0.29) is 28.5 Å². The Bertz CT molecular complexity index is 1060. The third-order valence-corrected chi connectivity index (χ3v) is 5.09. The molecule has 2 heterocycles. The first-order valence-corrected chi connectivity index (χ1v) is 10.6. The molecule has 0 saturated carbocycles. The van der Waals surface area contributed by atoms with E-state index in [9.17, 15) is 9.18 Å². The van der Waals surface area contributed by atoms with Crippen molar-refractivity contribution in [3.8, 4) is 17.2 Å². The fraction of sp³-hybridized carbons (Fsp3) is 0.286. The normalized spacial score (nSPS) is 13.9. The smallest absolute Gasteiger partial charge is 0.277 e. The first-order valence-electron chi connectivity index (χ1n) is 9.65. The number of ether oxygens (including phenoxy) is 3. The van der Waals surface area contributed by atoms with Gasteiger partial charge in [0.15, 0.2) is 29.2 Å². The lowest BCUT2D eigenvalue weighted by molar-refractivity contribution is -0.113. The van der Waals surface area contributed by atoms with Crippen molar-refractivity contribution in [2.45, 2.75) is 24.7 Å². The summed E-state index contributed by atoms with van der Waals surface area (Å²) < 4.78 is 36.0. The van der Waals surface area contributed by atoms with Gasteiger partial charge in [0.25, 0.3) is 11.1 Å². The summed E-state index contributed by atoms with van der Waals surface area (Å²) in [6.45, 7) is 2.84. The van der Waals surface area contributed by atoms with Crippen LogP contribution in [-0.2, 0) is 4.79 Å². The van der Waals surface area contributed by atoms with Gasteiger partial charge in [0, 0.05) is 18.2 Å². The number of hydrogen-bond acceptors (Lipinski definition) is 8. The molecule has 0 saturated heterocycles. The number of amides is 1. The van der Waals surface area contributed by atoms with E-state index >= 15 is 0 Å². The van der Waals surface area contributed by atoms with Gasteiger partial charge in [-0.05, 0) is 31.2 Å². The highest BCUT2D eigenvalue weighted by Crippen LogP contribution is 2.32. The molecular formula is C21H20FN3O5S. The van der Waals surface area contributed by atoms with Gasteiger partial charge in [-0.2, -0.15) is 0 Å². The van der Waals surface area contributed by atoms with E-state index in [1.54, 1.807) is 37.3 Å². The number of carbonyl (C=O) groups excluding carboxylic acids is 1. The van der Waals surface area contributed by atoms with Crippen molar-refractivity contribution in [3.63, 3.8) is 0 Å². The Morgan fingerprint density at radius 3 is 2.84 bits per heavy atom. The van der Waals surface area contributed by atoms with Crippen LogP contribution in [0, 0.1) is 5.82 Å². The molecule has 162 valence electrons. The number of halogens is 1. The zero-order valence-corrected chi connectivity index (χ0v) is 17.5. The van der Waals surface area contributed by atoms with E-state index in [1.807, 2.05) is 0 Å². The van der Waals surface area contributed by atoms with Gasteiger partial charge in [-0.1, -0.05) is 23.9 Å². The van der Waals surface area contributed by atoms with Gasteiger partial charge in [-0.15, -0.1) is 10.2 Å². The Kier molecular flexibility index (Phi) is 6.56. The summed E-state index contributed by atoms with van der Waals surface area (Å²) in [5, 5.41) is 10.8. The summed E-state index contributed by atoms with van der Waals surface area (Å²) in [5.74, 6) is 0.901. The number of fused-ring (bicyclic) bond motifs is 1. The molecule has 1 N–H and O–H groups in total. The number of hydrogen-bond donors (Lipinski definition) is 1. The number of carbonyl (C=O) groups is 1. The molecule has 31 heavy (non-hydrogen) atoms. The summed E-state index contributed by atoms with van der Waals surface area (Å²) in [6.07, 6.45) is 0.165. The molecule has 2 aromatic carbocycles. The van der Waals surface area contributed by atoms with Gasteiger partial charge in [0.05, 0.1) is 19.0 Å². The predicted octanol–water partition coefficient (Wildman–Crippen LogP) is 4.24. The summed E-state index contributed by atoms with van der Waals surface area (Å²) >= 11 is 1.09. The molecule has 8 nitrogen and oxygen atoms in total. The Labute approximate surface area is 182 Å². The Morgan fingerprint density at radius 1 is 1.19 bits per heavy atom. The van der Waals surface area contributed by atoms with Crippen molar-refractivity contribution < 1.29 is 27.8 Å². The van der Waals surface area contributed by atoms with Crippen LogP contribution < -0.4 is 19.5 Å². The van der Waals surface area contributed by atoms with Crippen LogP contribution in [0.5, 0.6) is 17.2 Å². The molecule has 4 rings (SSSR count). The minimum atomic E-state index is -0.644. The SMILES string of the molecule is CC(Oc1ccccc1F)c1nnc(SCC(=O)Nc2ccc3c(c2)OCCCO3)o1. The highest BCUT2D eigenvalue weighted by Gasteiger charge is 2.18. The van der Waals surface area contributed by atoms with Crippen molar-refractivity contribution in [2.75, 3.05) is 24.3 Å². The zero-order valence-electron chi connectivity index (χ0n) is 16.7. The van der Waals surface area contributed by atoms with Crippen molar-refractivity contribution in [1.29, 1.82) is 0 Å². The van der Waals surface area contributed by atoms with Crippen molar-refractivity contribution in [1.82, 2.24) is 10.2 Å². The van der Waals surface area contributed by atoms with Crippen LogP contribution in [0.25, 0.3) is 0 Å². The van der Waals surface area contributed by atoms with E-state index in [4.69, 9.17) is 18.6 Å². The van der Waals surface area contributed by atoms with Crippen LogP contribution in [0.15, 0.2) is 52.1 Å². The van der Waals surface area contributed by atoms with E-state index in [0.29, 0.717) is 30.4 Å². The molecule has 0 aliphatic carbocycles. The maximum Gasteiger partial charge on any atom is 0.277 e. The molecule has 1 aromatic heterocycles. The topological polar surface area (TPSA) is 95.7 Å². The van der Waals surface area contributed by atoms with Gasteiger partial charge < -0.3 is 23.9 Å². The van der Waals surface area contributed by atoms with Gasteiger partial charge >= 0.3 is 0 Å². The molecule has 10 heteroatoms. The van der Waals surface area contributed by atoms with Crippen LogP contribution in [0.2, 0.25) is 0 Å². The van der Waals surface area contributed by atoms with Crippen LogP contribution in [0.4, 0.5) is 10.1 Å². The van der Waals surface area contributed by atoms with Crippen molar-refractivity contribution in [2.24, 2.45) is 0 Å². The molecule has 1 unspecified atom stereocenters. The average Bonchev–Trinajstić information content (AvgIpc) is 3.12. The monoisotopic (exact) mass is 445 g/mol. The molecule has 1 aliphatic rings. The molecule has 1 aliphatic heterocycles. The van der Waals surface area contributed by atoms with Crippen LogP contribution in [-0.4, -0.2) is 35.1 Å². The van der Waals surface area contributed by atoms with Crippen molar-refractivity contribution in [3.05, 3.63) is 54.2 Å². The molecule has 0 fully saturated rings. The second kappa shape index (κ2) is 9.69. The molecule has 1 amide bonds. The Morgan fingerprint density at radius 2 is 2.00 bits per heavy atom. The summed E-state index contributed by atoms with van der Waals surface area (Å²) in [7, 11) is 0. The number of nitrogens with zero attached hydrogens (tertiary/aromatic N) is 2. The van der Waals surface area contributed by atoms with Gasteiger partial charge in [0.1, 0.15) is 0 Å². The number of thioether (sulfide) groups is 1.